The predicted octanol–water partition coefficient (Wildman–Crippen LogP) is 2.74. The monoisotopic (exact) mass is 289 g/mol. The van der Waals surface area contributed by atoms with E-state index in [0.29, 0.717) is 13.0 Å². The first-order valence-corrected chi connectivity index (χ1v) is 8.09. The van der Waals surface area contributed by atoms with Crippen LogP contribution in [-0.4, -0.2) is 30.4 Å². The van der Waals surface area contributed by atoms with Crippen molar-refractivity contribution >= 4 is 11.6 Å². The molecular weight excluding hydrogens is 262 g/mol. The van der Waals surface area contributed by atoms with E-state index in [9.17, 15) is 4.79 Å². The van der Waals surface area contributed by atoms with E-state index < -0.39 is 0 Å². The third-order valence-electron chi connectivity index (χ3n) is 3.95. The van der Waals surface area contributed by atoms with Crippen LogP contribution in [0.1, 0.15) is 44.1 Å². The van der Waals surface area contributed by atoms with Crippen molar-refractivity contribution in [1.82, 2.24) is 4.90 Å². The third kappa shape index (κ3) is 5.86. The fraction of sp³-hybridized carbons (Fsp3) is 0.588. The molecule has 0 unspecified atom stereocenters. The minimum Gasteiger partial charge on any atom is -0.330 e. The Kier molecular flexibility index (Phi) is 6.70. The number of amides is 1. The maximum Gasteiger partial charge on any atom is 0.224 e. The van der Waals surface area contributed by atoms with Crippen LogP contribution in [0.15, 0.2) is 24.3 Å². The van der Waals surface area contributed by atoms with Gasteiger partial charge in [-0.3, -0.25) is 9.69 Å². The lowest BCUT2D eigenvalue weighted by Crippen LogP contribution is -2.23. The highest BCUT2D eigenvalue weighted by Gasteiger charge is 2.09. The minimum atomic E-state index is 0.0423. The molecule has 1 amide bonds. The van der Waals surface area contributed by atoms with E-state index in [1.54, 1.807) is 0 Å². The van der Waals surface area contributed by atoms with Crippen molar-refractivity contribution in [3.8, 4) is 0 Å². The lowest BCUT2D eigenvalue weighted by Gasteiger charge is -2.19. The lowest BCUT2D eigenvalue weighted by atomic mass is 10.2. The van der Waals surface area contributed by atoms with Gasteiger partial charge in [-0.1, -0.05) is 25.0 Å². The molecule has 0 radical (unpaired) electrons. The summed E-state index contributed by atoms with van der Waals surface area (Å²) in [4.78, 5) is 14.2. The van der Waals surface area contributed by atoms with Crippen LogP contribution >= 0.6 is 0 Å². The van der Waals surface area contributed by atoms with Crippen LogP contribution in [-0.2, 0) is 11.3 Å². The van der Waals surface area contributed by atoms with Gasteiger partial charge in [-0.25, -0.2) is 0 Å². The third-order valence-corrected chi connectivity index (χ3v) is 3.95. The zero-order valence-electron chi connectivity index (χ0n) is 12.8. The number of anilines is 1. The number of nitrogens with two attached hydrogens (primary N) is 1. The standard InChI is InChI=1S/C17H27N3O/c18-11-5-6-17(21)19-16-9-7-15(8-10-16)14-20-12-3-1-2-4-13-20/h7-10H,1-6,11-14,18H2,(H,19,21). The number of hydrogen-bond acceptors (Lipinski definition) is 3. The number of nitrogens with one attached hydrogen (secondary N) is 1. The number of carbonyl (C=O) groups excluding carboxylic acids is 1. The summed E-state index contributed by atoms with van der Waals surface area (Å²) in [5, 5.41) is 2.91. The molecule has 1 heterocycles. The van der Waals surface area contributed by atoms with Gasteiger partial charge in [-0.05, 0) is 56.6 Å². The first-order valence-electron chi connectivity index (χ1n) is 8.09. The molecule has 3 N–H and O–H groups in total. The minimum absolute atomic E-state index is 0.0423. The van der Waals surface area contributed by atoms with Gasteiger partial charge >= 0.3 is 0 Å². The molecular formula is C17H27N3O. The van der Waals surface area contributed by atoms with Crippen LogP contribution in [0, 0.1) is 0 Å². The number of hydrogen-bond donors (Lipinski definition) is 2. The number of benzene rings is 1. The molecule has 4 heteroatoms. The van der Waals surface area contributed by atoms with Gasteiger partial charge in [0, 0.05) is 18.7 Å². The first kappa shape index (κ1) is 16.0. The molecule has 1 fully saturated rings. The van der Waals surface area contributed by atoms with E-state index in [2.05, 4.69) is 22.3 Å². The Labute approximate surface area is 127 Å². The quantitative estimate of drug-likeness (QED) is 0.846. The van der Waals surface area contributed by atoms with Crippen molar-refractivity contribution in [1.29, 1.82) is 0 Å². The maximum absolute atomic E-state index is 11.6. The molecule has 21 heavy (non-hydrogen) atoms. The average Bonchev–Trinajstić information content (AvgIpc) is 2.76. The molecule has 1 aromatic rings. The van der Waals surface area contributed by atoms with Crippen LogP contribution in [0.5, 0.6) is 0 Å². The second kappa shape index (κ2) is 8.80. The van der Waals surface area contributed by atoms with E-state index in [4.69, 9.17) is 5.73 Å². The maximum atomic E-state index is 11.6. The van der Waals surface area contributed by atoms with Crippen LogP contribution in [0.4, 0.5) is 5.69 Å². The second-order valence-corrected chi connectivity index (χ2v) is 5.83. The lowest BCUT2D eigenvalue weighted by molar-refractivity contribution is -0.116. The molecule has 2 rings (SSSR count). The molecule has 1 aliphatic rings. The average molecular weight is 289 g/mol. The fourth-order valence-corrected chi connectivity index (χ4v) is 2.73. The van der Waals surface area contributed by atoms with Crippen molar-refractivity contribution in [2.45, 2.75) is 45.1 Å². The summed E-state index contributed by atoms with van der Waals surface area (Å²) in [7, 11) is 0. The highest BCUT2D eigenvalue weighted by atomic mass is 16.1. The van der Waals surface area contributed by atoms with E-state index >= 15 is 0 Å². The highest BCUT2D eigenvalue weighted by Crippen LogP contribution is 2.15. The molecule has 0 aromatic heterocycles. The molecule has 0 saturated carbocycles. The number of nitrogens with zero attached hydrogens (tertiary/aromatic N) is 1. The SMILES string of the molecule is NCCCC(=O)Nc1ccc(CN2CCCCCC2)cc1. The summed E-state index contributed by atoms with van der Waals surface area (Å²) < 4.78 is 0. The Morgan fingerprint density at radius 1 is 1.10 bits per heavy atom. The summed E-state index contributed by atoms with van der Waals surface area (Å²) in [6, 6.07) is 8.22. The highest BCUT2D eigenvalue weighted by molar-refractivity contribution is 5.90. The summed E-state index contributed by atoms with van der Waals surface area (Å²) in [5.74, 6) is 0.0423. The van der Waals surface area contributed by atoms with Gasteiger partial charge < -0.3 is 11.1 Å². The van der Waals surface area contributed by atoms with Gasteiger partial charge in [0.05, 0.1) is 0 Å². The Balaban J connectivity index is 1.82. The predicted molar refractivity (Wildman–Crippen MR) is 87.1 cm³/mol. The summed E-state index contributed by atoms with van der Waals surface area (Å²) in [6.07, 6.45) is 6.59. The molecule has 116 valence electrons. The van der Waals surface area contributed by atoms with Crippen molar-refractivity contribution in [2.75, 3.05) is 25.0 Å². The smallest absolute Gasteiger partial charge is 0.224 e. The van der Waals surface area contributed by atoms with Crippen molar-refractivity contribution < 1.29 is 4.79 Å². The van der Waals surface area contributed by atoms with Crippen LogP contribution in [0.2, 0.25) is 0 Å². The molecule has 4 nitrogen and oxygen atoms in total. The van der Waals surface area contributed by atoms with Gasteiger partial charge in [-0.15, -0.1) is 0 Å². The fourth-order valence-electron chi connectivity index (χ4n) is 2.73. The molecule has 1 saturated heterocycles. The van der Waals surface area contributed by atoms with Gasteiger partial charge in [0.2, 0.25) is 5.91 Å². The van der Waals surface area contributed by atoms with Crippen molar-refractivity contribution in [2.24, 2.45) is 5.73 Å². The zero-order valence-corrected chi connectivity index (χ0v) is 12.8. The van der Waals surface area contributed by atoms with E-state index in [-0.39, 0.29) is 5.91 Å². The van der Waals surface area contributed by atoms with Crippen LogP contribution < -0.4 is 11.1 Å². The van der Waals surface area contributed by atoms with Crippen LogP contribution in [0.25, 0.3) is 0 Å². The Hall–Kier alpha value is -1.39. The zero-order chi connectivity index (χ0) is 14.9. The summed E-state index contributed by atoms with van der Waals surface area (Å²) in [6.45, 7) is 3.98. The topological polar surface area (TPSA) is 58.4 Å². The van der Waals surface area contributed by atoms with E-state index in [1.807, 2.05) is 12.1 Å². The number of carbonyl (C=O) groups is 1. The van der Waals surface area contributed by atoms with Crippen molar-refractivity contribution in [3.63, 3.8) is 0 Å². The second-order valence-electron chi connectivity index (χ2n) is 5.83. The Bertz CT molecular complexity index is 422. The molecule has 1 aliphatic heterocycles. The van der Waals surface area contributed by atoms with Gasteiger partial charge in [-0.2, -0.15) is 0 Å². The Morgan fingerprint density at radius 3 is 2.38 bits per heavy atom. The van der Waals surface area contributed by atoms with Gasteiger partial charge in [0.25, 0.3) is 0 Å². The number of rotatable bonds is 6. The molecule has 0 spiro atoms. The van der Waals surface area contributed by atoms with E-state index in [0.717, 1.165) is 18.7 Å². The molecule has 0 bridgehead atoms. The number of likely N-dealkylation sites (tertiary alicyclic amines) is 1. The first-order chi connectivity index (χ1) is 10.3. The van der Waals surface area contributed by atoms with Crippen LogP contribution in [0.3, 0.4) is 0 Å². The molecule has 0 aliphatic carbocycles. The van der Waals surface area contributed by atoms with E-state index in [1.165, 1.54) is 44.3 Å². The molecule has 1 aromatic carbocycles. The largest absolute Gasteiger partial charge is 0.330 e. The summed E-state index contributed by atoms with van der Waals surface area (Å²) >= 11 is 0. The normalized spacial score (nSPS) is 16.4. The van der Waals surface area contributed by atoms with Gasteiger partial charge in [0.15, 0.2) is 0 Å². The summed E-state index contributed by atoms with van der Waals surface area (Å²) in [5.41, 5.74) is 7.59. The van der Waals surface area contributed by atoms with Gasteiger partial charge in [0.1, 0.15) is 0 Å². The molecule has 0 atom stereocenters. The van der Waals surface area contributed by atoms with Crippen molar-refractivity contribution in [3.05, 3.63) is 29.8 Å². The Morgan fingerprint density at radius 2 is 1.76 bits per heavy atom.